The third kappa shape index (κ3) is 2.76. The summed E-state index contributed by atoms with van der Waals surface area (Å²) in [6.07, 6.45) is 1.81. The van der Waals surface area contributed by atoms with Crippen LogP contribution in [-0.4, -0.2) is 42.7 Å². The van der Waals surface area contributed by atoms with E-state index in [0.717, 1.165) is 29.9 Å². The Kier molecular flexibility index (Phi) is 3.20. The first-order valence-corrected chi connectivity index (χ1v) is 7.89. The smallest absolute Gasteiger partial charge is 0.312 e. The molecular weight excluding hydrogens is 299 g/mol. The van der Waals surface area contributed by atoms with Gasteiger partial charge in [0.25, 0.3) is 5.91 Å². The minimum atomic E-state index is -4.80. The van der Waals surface area contributed by atoms with Crippen LogP contribution in [0, 0.1) is 0 Å². The first-order chi connectivity index (χ1) is 9.86. The van der Waals surface area contributed by atoms with Gasteiger partial charge in [0, 0.05) is 6.04 Å². The van der Waals surface area contributed by atoms with Gasteiger partial charge >= 0.3 is 16.3 Å². The number of benzene rings is 1. The molecule has 0 bridgehead atoms. The second-order valence-electron chi connectivity index (χ2n) is 5.21. The summed E-state index contributed by atoms with van der Waals surface area (Å²) in [5.41, 5.74) is 0.396. The zero-order chi connectivity index (χ0) is 15.2. The van der Waals surface area contributed by atoms with Gasteiger partial charge in [-0.15, -0.1) is 3.89 Å². The predicted octanol–water partition coefficient (Wildman–Crippen LogP) is 1.27. The summed E-state index contributed by atoms with van der Waals surface area (Å²) in [7, 11) is -4.80. The molecule has 1 heterocycles. The fraction of sp³-hybridized carbons (Fsp3) is 0.385. The summed E-state index contributed by atoms with van der Waals surface area (Å²) in [6, 6.07) is 4.97. The average molecular weight is 312 g/mol. The van der Waals surface area contributed by atoms with Gasteiger partial charge in [-0.05, 0) is 30.5 Å². The number of urea groups is 1. The zero-order valence-corrected chi connectivity index (χ0v) is 11.8. The largest absolute Gasteiger partial charge is 0.332 e. The van der Waals surface area contributed by atoms with Crippen LogP contribution >= 0.6 is 0 Å². The van der Waals surface area contributed by atoms with Crippen LogP contribution in [0.2, 0.25) is 0 Å². The van der Waals surface area contributed by atoms with Gasteiger partial charge < -0.3 is 4.90 Å². The molecule has 3 rings (SSSR count). The number of amides is 3. The van der Waals surface area contributed by atoms with Crippen molar-refractivity contribution in [1.29, 1.82) is 0 Å². The minimum absolute atomic E-state index is 0.0513. The van der Waals surface area contributed by atoms with Crippen molar-refractivity contribution in [1.82, 2.24) is 9.80 Å². The minimum Gasteiger partial charge on any atom is -0.312 e. The Labute approximate surface area is 121 Å². The monoisotopic (exact) mass is 312 g/mol. The molecular formula is C13H13FN2O4S. The summed E-state index contributed by atoms with van der Waals surface area (Å²) >= 11 is 0. The van der Waals surface area contributed by atoms with E-state index in [1.807, 2.05) is 0 Å². The Morgan fingerprint density at radius 1 is 1.24 bits per heavy atom. The lowest BCUT2D eigenvalue weighted by Gasteiger charge is -2.16. The van der Waals surface area contributed by atoms with Gasteiger partial charge in [0.05, 0.1) is 11.4 Å². The van der Waals surface area contributed by atoms with E-state index in [4.69, 9.17) is 0 Å². The number of imide groups is 1. The maximum Gasteiger partial charge on any atom is 0.332 e. The molecule has 0 aromatic heterocycles. The highest BCUT2D eigenvalue weighted by Gasteiger charge is 2.43. The van der Waals surface area contributed by atoms with Crippen LogP contribution in [0.3, 0.4) is 0 Å². The molecule has 1 saturated heterocycles. The van der Waals surface area contributed by atoms with E-state index in [1.165, 1.54) is 11.0 Å². The molecule has 1 aliphatic carbocycles. The molecule has 21 heavy (non-hydrogen) atoms. The SMILES string of the molecule is O=C1CN(C2CC2)C(=O)N1Cc1cccc(S(=O)(=O)F)c1. The van der Waals surface area contributed by atoms with E-state index < -0.39 is 15.1 Å². The van der Waals surface area contributed by atoms with Crippen molar-refractivity contribution in [3.8, 4) is 0 Å². The quantitative estimate of drug-likeness (QED) is 0.620. The molecule has 1 aromatic rings. The van der Waals surface area contributed by atoms with Gasteiger partial charge in [0.15, 0.2) is 0 Å². The highest BCUT2D eigenvalue weighted by atomic mass is 32.3. The summed E-state index contributed by atoms with van der Waals surface area (Å²) in [5, 5.41) is 0. The first kappa shape index (κ1) is 14.0. The Hall–Kier alpha value is -1.96. The standard InChI is InChI=1S/C13H13FN2O4S/c14-21(19,20)11-3-1-2-9(6-11)7-16-12(17)8-15(13(16)18)10-4-5-10/h1-3,6,10H,4-5,7-8H2. The zero-order valence-electron chi connectivity index (χ0n) is 11.0. The van der Waals surface area contributed by atoms with Crippen LogP contribution < -0.4 is 0 Å². The van der Waals surface area contributed by atoms with Gasteiger partial charge in [-0.1, -0.05) is 12.1 Å². The Morgan fingerprint density at radius 3 is 2.57 bits per heavy atom. The molecule has 6 nitrogen and oxygen atoms in total. The van der Waals surface area contributed by atoms with Crippen LogP contribution in [0.5, 0.6) is 0 Å². The van der Waals surface area contributed by atoms with Crippen molar-refractivity contribution in [2.24, 2.45) is 0 Å². The maximum absolute atomic E-state index is 13.0. The highest BCUT2D eigenvalue weighted by molar-refractivity contribution is 7.86. The molecule has 0 atom stereocenters. The number of halogens is 1. The fourth-order valence-corrected chi connectivity index (χ4v) is 2.90. The third-order valence-electron chi connectivity index (χ3n) is 3.59. The van der Waals surface area contributed by atoms with Crippen molar-refractivity contribution in [3.63, 3.8) is 0 Å². The first-order valence-electron chi connectivity index (χ1n) is 6.51. The van der Waals surface area contributed by atoms with Crippen molar-refractivity contribution in [2.45, 2.75) is 30.3 Å². The molecule has 2 fully saturated rings. The highest BCUT2D eigenvalue weighted by Crippen LogP contribution is 2.31. The van der Waals surface area contributed by atoms with Gasteiger partial charge in [-0.25, -0.2) is 4.79 Å². The Balaban J connectivity index is 1.80. The molecule has 0 unspecified atom stereocenters. The van der Waals surface area contributed by atoms with Crippen LogP contribution in [0.15, 0.2) is 29.2 Å². The van der Waals surface area contributed by atoms with Crippen LogP contribution in [-0.2, 0) is 21.6 Å². The number of rotatable bonds is 4. The molecule has 3 amide bonds. The lowest BCUT2D eigenvalue weighted by molar-refractivity contribution is -0.125. The van der Waals surface area contributed by atoms with E-state index in [2.05, 4.69) is 0 Å². The van der Waals surface area contributed by atoms with E-state index in [1.54, 1.807) is 6.07 Å². The number of carbonyl (C=O) groups excluding carboxylic acids is 2. The van der Waals surface area contributed by atoms with Crippen molar-refractivity contribution >= 4 is 22.2 Å². The third-order valence-corrected chi connectivity index (χ3v) is 4.41. The molecule has 2 aliphatic rings. The molecule has 0 spiro atoms. The molecule has 1 aromatic carbocycles. The average Bonchev–Trinajstić information content (AvgIpc) is 3.21. The van der Waals surface area contributed by atoms with Gasteiger partial charge in [0.1, 0.15) is 6.54 Å². The lowest BCUT2D eigenvalue weighted by atomic mass is 10.2. The van der Waals surface area contributed by atoms with Gasteiger partial charge in [-0.3, -0.25) is 9.69 Å². The van der Waals surface area contributed by atoms with Crippen molar-refractivity contribution < 1.29 is 21.9 Å². The molecule has 112 valence electrons. The van der Waals surface area contributed by atoms with E-state index >= 15 is 0 Å². The second kappa shape index (κ2) is 4.80. The maximum atomic E-state index is 13.0. The predicted molar refractivity (Wildman–Crippen MR) is 70.4 cm³/mol. The molecule has 1 saturated carbocycles. The van der Waals surface area contributed by atoms with Gasteiger partial charge in [-0.2, -0.15) is 8.42 Å². The molecule has 0 N–H and O–H groups in total. The lowest BCUT2D eigenvalue weighted by Crippen LogP contribution is -2.33. The number of nitrogens with zero attached hydrogens (tertiary/aromatic N) is 2. The Morgan fingerprint density at radius 2 is 1.95 bits per heavy atom. The topological polar surface area (TPSA) is 74.8 Å². The normalized spacial score (nSPS) is 19.5. The number of hydrogen-bond acceptors (Lipinski definition) is 4. The summed E-state index contributed by atoms with van der Waals surface area (Å²) in [6.45, 7) is 0.00878. The number of hydrogen-bond donors (Lipinski definition) is 0. The molecule has 0 radical (unpaired) electrons. The van der Waals surface area contributed by atoms with Gasteiger partial charge in [0.2, 0.25) is 0 Å². The van der Waals surface area contributed by atoms with E-state index in [9.17, 15) is 21.9 Å². The Bertz CT molecular complexity index is 715. The number of carbonyl (C=O) groups is 2. The van der Waals surface area contributed by atoms with Crippen LogP contribution in [0.25, 0.3) is 0 Å². The summed E-state index contributed by atoms with van der Waals surface area (Å²) in [4.78, 5) is 26.1. The summed E-state index contributed by atoms with van der Waals surface area (Å²) in [5.74, 6) is -0.319. The van der Waals surface area contributed by atoms with Crippen molar-refractivity contribution in [3.05, 3.63) is 29.8 Å². The van der Waals surface area contributed by atoms with Crippen LogP contribution in [0.4, 0.5) is 8.68 Å². The van der Waals surface area contributed by atoms with E-state index in [0.29, 0.717) is 5.56 Å². The molecule has 8 heteroatoms. The van der Waals surface area contributed by atoms with Crippen molar-refractivity contribution in [2.75, 3.05) is 6.54 Å². The second-order valence-corrected chi connectivity index (χ2v) is 6.55. The molecule has 1 aliphatic heterocycles. The van der Waals surface area contributed by atoms with E-state index in [-0.39, 0.29) is 31.1 Å². The summed E-state index contributed by atoms with van der Waals surface area (Å²) < 4.78 is 34.7. The van der Waals surface area contributed by atoms with Crippen LogP contribution in [0.1, 0.15) is 18.4 Å². The fourth-order valence-electron chi connectivity index (χ4n) is 2.37.